The summed E-state index contributed by atoms with van der Waals surface area (Å²) in [5.74, 6) is 4.33. The molecule has 112 valence electrons. The third-order valence-corrected chi connectivity index (χ3v) is 7.23. The van der Waals surface area contributed by atoms with Crippen LogP contribution in [0.3, 0.4) is 0 Å². The minimum absolute atomic E-state index is 0.740. The van der Waals surface area contributed by atoms with Gasteiger partial charge in [0.25, 0.3) is 0 Å². The normalized spacial score (nSPS) is 43.8. The van der Waals surface area contributed by atoms with Crippen LogP contribution in [-0.4, -0.2) is 12.1 Å². The Morgan fingerprint density at radius 1 is 0.857 bits per heavy atom. The summed E-state index contributed by atoms with van der Waals surface area (Å²) in [4.78, 5) is 0. The molecule has 0 aromatic heterocycles. The molecule has 0 heterocycles. The SMILES string of the molecule is c1ccc2c(c1)CCC(NC1CC3CC1C1CCCC31)C2. The van der Waals surface area contributed by atoms with E-state index < -0.39 is 0 Å². The number of aryl methyl sites for hydroxylation is 1. The summed E-state index contributed by atoms with van der Waals surface area (Å²) in [5, 5.41) is 4.10. The molecule has 4 aliphatic rings. The zero-order chi connectivity index (χ0) is 13.8. The van der Waals surface area contributed by atoms with Crippen molar-refractivity contribution in [1.82, 2.24) is 5.32 Å². The first-order valence-corrected chi connectivity index (χ1v) is 9.21. The highest BCUT2D eigenvalue weighted by atomic mass is 15.0. The number of hydrogen-bond donors (Lipinski definition) is 1. The van der Waals surface area contributed by atoms with Gasteiger partial charge in [-0.1, -0.05) is 30.7 Å². The van der Waals surface area contributed by atoms with Crippen LogP contribution in [0.4, 0.5) is 0 Å². The van der Waals surface area contributed by atoms with Crippen LogP contribution in [0.1, 0.15) is 49.7 Å². The third kappa shape index (κ3) is 2.00. The molecule has 4 aliphatic carbocycles. The highest BCUT2D eigenvalue weighted by Gasteiger charge is 2.53. The van der Waals surface area contributed by atoms with Crippen molar-refractivity contribution in [3.63, 3.8) is 0 Å². The number of rotatable bonds is 2. The summed E-state index contributed by atoms with van der Waals surface area (Å²) in [6, 6.07) is 10.7. The Hall–Kier alpha value is -0.820. The maximum atomic E-state index is 4.10. The van der Waals surface area contributed by atoms with Gasteiger partial charge in [-0.3, -0.25) is 0 Å². The molecule has 1 aromatic carbocycles. The summed E-state index contributed by atoms with van der Waals surface area (Å²) in [5.41, 5.74) is 3.20. The summed E-state index contributed by atoms with van der Waals surface area (Å²) >= 11 is 0. The second-order valence-electron chi connectivity index (χ2n) is 8.14. The van der Waals surface area contributed by atoms with Gasteiger partial charge < -0.3 is 5.32 Å². The molecule has 1 heteroatoms. The van der Waals surface area contributed by atoms with Gasteiger partial charge in [0, 0.05) is 12.1 Å². The molecule has 0 radical (unpaired) electrons. The predicted octanol–water partition coefficient (Wildman–Crippen LogP) is 3.96. The Morgan fingerprint density at radius 2 is 1.71 bits per heavy atom. The Bertz CT molecular complexity index is 536. The van der Waals surface area contributed by atoms with Crippen molar-refractivity contribution in [3.05, 3.63) is 35.4 Å². The lowest BCUT2D eigenvalue weighted by molar-refractivity contribution is 0.194. The van der Waals surface area contributed by atoms with Crippen LogP contribution in [0, 0.1) is 23.7 Å². The second-order valence-corrected chi connectivity index (χ2v) is 8.14. The molecule has 6 atom stereocenters. The van der Waals surface area contributed by atoms with Gasteiger partial charge in [-0.2, -0.15) is 0 Å². The standard InChI is InChI=1S/C20H27N/c1-2-5-14-10-16(9-8-13(14)4-1)21-20-12-15-11-19(20)18-7-3-6-17(15)18/h1-2,4-5,15-21H,3,6-12H2. The smallest absolute Gasteiger partial charge is 0.0113 e. The largest absolute Gasteiger partial charge is 0.311 e. The Labute approximate surface area is 128 Å². The van der Waals surface area contributed by atoms with E-state index in [-0.39, 0.29) is 0 Å². The van der Waals surface area contributed by atoms with Crippen LogP contribution >= 0.6 is 0 Å². The highest BCUT2D eigenvalue weighted by Crippen LogP contribution is 2.58. The van der Waals surface area contributed by atoms with E-state index in [2.05, 4.69) is 29.6 Å². The van der Waals surface area contributed by atoms with E-state index in [9.17, 15) is 0 Å². The average Bonchev–Trinajstić information content (AvgIpc) is 3.19. The van der Waals surface area contributed by atoms with Crippen LogP contribution in [-0.2, 0) is 12.8 Å². The molecule has 1 N–H and O–H groups in total. The number of nitrogens with one attached hydrogen (secondary N) is 1. The van der Waals surface area contributed by atoms with E-state index in [4.69, 9.17) is 0 Å². The lowest BCUT2D eigenvalue weighted by atomic mass is 9.78. The van der Waals surface area contributed by atoms with Crippen molar-refractivity contribution < 1.29 is 0 Å². The first-order valence-electron chi connectivity index (χ1n) is 9.21. The van der Waals surface area contributed by atoms with Crippen molar-refractivity contribution in [1.29, 1.82) is 0 Å². The number of fused-ring (bicyclic) bond motifs is 6. The van der Waals surface area contributed by atoms with E-state index in [1.54, 1.807) is 24.0 Å². The first-order chi connectivity index (χ1) is 10.4. The van der Waals surface area contributed by atoms with Gasteiger partial charge in [-0.25, -0.2) is 0 Å². The summed E-state index contributed by atoms with van der Waals surface area (Å²) in [6.07, 6.45) is 11.5. The minimum atomic E-state index is 0.740. The van der Waals surface area contributed by atoms with Gasteiger partial charge in [0.2, 0.25) is 0 Å². The molecule has 1 nitrogen and oxygen atoms in total. The molecular weight excluding hydrogens is 254 g/mol. The predicted molar refractivity (Wildman–Crippen MR) is 86.2 cm³/mol. The zero-order valence-electron chi connectivity index (χ0n) is 12.9. The molecule has 0 spiro atoms. The topological polar surface area (TPSA) is 12.0 Å². The Morgan fingerprint density at radius 3 is 2.67 bits per heavy atom. The monoisotopic (exact) mass is 281 g/mol. The molecule has 21 heavy (non-hydrogen) atoms. The summed E-state index contributed by atoms with van der Waals surface area (Å²) in [7, 11) is 0. The van der Waals surface area contributed by atoms with Gasteiger partial charge in [-0.15, -0.1) is 0 Å². The molecule has 3 fully saturated rings. The second kappa shape index (κ2) is 4.84. The molecule has 6 unspecified atom stereocenters. The number of benzene rings is 1. The molecular formula is C20H27N. The van der Waals surface area contributed by atoms with Crippen molar-refractivity contribution in [3.8, 4) is 0 Å². The van der Waals surface area contributed by atoms with E-state index in [1.165, 1.54) is 38.5 Å². The quantitative estimate of drug-likeness (QED) is 0.865. The molecule has 0 amide bonds. The van der Waals surface area contributed by atoms with Gasteiger partial charge in [0.1, 0.15) is 0 Å². The van der Waals surface area contributed by atoms with E-state index in [1.807, 2.05) is 0 Å². The van der Waals surface area contributed by atoms with E-state index in [0.29, 0.717) is 0 Å². The lowest BCUT2D eigenvalue weighted by Crippen LogP contribution is -2.46. The molecule has 0 aliphatic heterocycles. The van der Waals surface area contributed by atoms with Crippen molar-refractivity contribution in [2.45, 2.75) is 63.5 Å². The lowest BCUT2D eigenvalue weighted by Gasteiger charge is -2.36. The van der Waals surface area contributed by atoms with Gasteiger partial charge >= 0.3 is 0 Å². The molecule has 0 saturated heterocycles. The van der Waals surface area contributed by atoms with Gasteiger partial charge in [-0.05, 0) is 79.7 Å². The van der Waals surface area contributed by atoms with Crippen molar-refractivity contribution >= 4 is 0 Å². The fourth-order valence-corrected chi connectivity index (χ4v) is 6.40. The molecule has 5 rings (SSSR count). The summed E-state index contributed by atoms with van der Waals surface area (Å²) in [6.45, 7) is 0. The zero-order valence-corrected chi connectivity index (χ0v) is 12.9. The molecule has 2 bridgehead atoms. The van der Waals surface area contributed by atoms with Crippen LogP contribution in [0.25, 0.3) is 0 Å². The Balaban J connectivity index is 1.28. The van der Waals surface area contributed by atoms with Gasteiger partial charge in [0.05, 0.1) is 0 Å². The Kier molecular flexibility index (Phi) is 2.93. The van der Waals surface area contributed by atoms with E-state index in [0.717, 1.165) is 35.8 Å². The van der Waals surface area contributed by atoms with Crippen LogP contribution in [0.5, 0.6) is 0 Å². The van der Waals surface area contributed by atoms with Crippen LogP contribution in [0.2, 0.25) is 0 Å². The third-order valence-electron chi connectivity index (χ3n) is 7.23. The van der Waals surface area contributed by atoms with Crippen LogP contribution < -0.4 is 5.32 Å². The summed E-state index contributed by atoms with van der Waals surface area (Å²) < 4.78 is 0. The van der Waals surface area contributed by atoms with E-state index >= 15 is 0 Å². The molecule has 1 aromatic rings. The fourth-order valence-electron chi connectivity index (χ4n) is 6.40. The maximum absolute atomic E-state index is 4.10. The average molecular weight is 281 g/mol. The fraction of sp³-hybridized carbons (Fsp3) is 0.700. The van der Waals surface area contributed by atoms with Crippen LogP contribution in [0.15, 0.2) is 24.3 Å². The van der Waals surface area contributed by atoms with Crippen molar-refractivity contribution in [2.24, 2.45) is 23.7 Å². The first kappa shape index (κ1) is 12.7. The number of hydrogen-bond acceptors (Lipinski definition) is 1. The van der Waals surface area contributed by atoms with Crippen molar-refractivity contribution in [2.75, 3.05) is 0 Å². The minimum Gasteiger partial charge on any atom is -0.311 e. The van der Waals surface area contributed by atoms with Gasteiger partial charge in [0.15, 0.2) is 0 Å². The maximum Gasteiger partial charge on any atom is 0.0113 e. The highest BCUT2D eigenvalue weighted by molar-refractivity contribution is 5.30. The molecule has 3 saturated carbocycles.